The Morgan fingerprint density at radius 2 is 1.93 bits per heavy atom. The highest BCUT2D eigenvalue weighted by Crippen LogP contribution is 2.42. The molecule has 54 heavy (non-hydrogen) atoms. The molecule has 0 saturated heterocycles. The van der Waals surface area contributed by atoms with E-state index in [0.29, 0.717) is 30.5 Å². The van der Waals surface area contributed by atoms with Crippen LogP contribution in [0.25, 0.3) is 0 Å². The van der Waals surface area contributed by atoms with Gasteiger partial charge in [0.05, 0.1) is 50.6 Å². The molecule has 3 aliphatic rings. The van der Waals surface area contributed by atoms with E-state index in [1.54, 1.807) is 39.3 Å². The number of nitrogens with one attached hydrogen (secondary N) is 1. The number of aromatic nitrogens is 2. The van der Waals surface area contributed by atoms with Gasteiger partial charge in [-0.05, 0) is 85.4 Å². The first kappa shape index (κ1) is 39.7. The van der Waals surface area contributed by atoms with Gasteiger partial charge in [0.2, 0.25) is 5.88 Å². The molecule has 13 nitrogen and oxygen atoms in total. The van der Waals surface area contributed by atoms with E-state index in [4.69, 9.17) is 30.5 Å². The molecule has 3 aromatic rings. The monoisotopic (exact) mass is 783 g/mol. The summed E-state index contributed by atoms with van der Waals surface area (Å²) in [6.45, 7) is 3.30. The van der Waals surface area contributed by atoms with E-state index >= 15 is 0 Å². The molecular weight excluding hydrogens is 734 g/mol. The Labute approximate surface area is 322 Å². The van der Waals surface area contributed by atoms with E-state index < -0.39 is 33.8 Å². The third kappa shape index (κ3) is 9.28. The number of methoxy groups -OCH3 is 2. The molecule has 15 heteroatoms. The molecule has 2 aliphatic heterocycles. The molecular formula is C39H50ClN5O8S. The van der Waals surface area contributed by atoms with Crippen LogP contribution in [0.5, 0.6) is 11.6 Å². The molecule has 2 N–H and O–H groups in total. The van der Waals surface area contributed by atoms with Gasteiger partial charge in [-0.1, -0.05) is 36.7 Å². The lowest BCUT2D eigenvalue weighted by molar-refractivity contribution is 0.00929. The third-order valence-corrected chi connectivity index (χ3v) is 12.6. The largest absolute Gasteiger partial charge is 0.491 e. The van der Waals surface area contributed by atoms with Gasteiger partial charge in [0.25, 0.3) is 11.8 Å². The Hall–Kier alpha value is -3.95. The van der Waals surface area contributed by atoms with Crippen molar-refractivity contribution < 1.29 is 37.9 Å². The Morgan fingerprint density at radius 3 is 2.67 bits per heavy atom. The molecule has 1 aromatic heterocycles. The molecule has 1 fully saturated rings. The van der Waals surface area contributed by atoms with Crippen molar-refractivity contribution in [3.05, 3.63) is 82.0 Å². The normalized spacial score (nSPS) is 26.8. The van der Waals surface area contributed by atoms with Crippen LogP contribution in [-0.4, -0.2) is 89.5 Å². The molecule has 0 radical (unpaired) electrons. The van der Waals surface area contributed by atoms with Crippen molar-refractivity contribution >= 4 is 39.0 Å². The number of benzene rings is 2. The molecule has 1 saturated carbocycles. The number of fused-ring (bicyclic) bond motifs is 3. The summed E-state index contributed by atoms with van der Waals surface area (Å²) in [4.78, 5) is 30.1. The van der Waals surface area contributed by atoms with Crippen LogP contribution in [0, 0.1) is 17.8 Å². The Kier molecular flexibility index (Phi) is 13.0. The minimum absolute atomic E-state index is 0.0262. The van der Waals surface area contributed by atoms with Crippen molar-refractivity contribution in [2.75, 3.05) is 51.2 Å². The average Bonchev–Trinajstić information content (AvgIpc) is 3.51. The van der Waals surface area contributed by atoms with Crippen molar-refractivity contribution in [2.24, 2.45) is 29.2 Å². The maximum absolute atomic E-state index is 14.9. The standard InChI is InChI=1S/C39H50ClN5O8S/c1-25-24-54(49,43-38(48)32-23-44(2)41-39(32)51-4)42-37(47)27-10-13-36-33(20-27)45(21-28-8-11-30(40)19-26(28)7-5-6-17-52-36)22-29-9-12-31(29)35(50-3)15-14-34(25)53-18-16-46/h8,10-11,13-15,19-20,23,25,29,31,34-35,46H,5-7,9,12,16-18,21-22,24H2,1-4H3,(H,42,43,47,48,49)/b15-14+/t25-,29+,31-,34+,35+,54+/m1/s1. The maximum atomic E-state index is 14.9. The highest BCUT2D eigenvalue weighted by atomic mass is 35.5. The zero-order valence-corrected chi connectivity index (χ0v) is 32.8. The van der Waals surface area contributed by atoms with Crippen LogP contribution < -0.4 is 19.1 Å². The number of halogens is 1. The lowest BCUT2D eigenvalue weighted by Gasteiger charge is -2.43. The molecule has 6 atom stereocenters. The van der Waals surface area contributed by atoms with Crippen LogP contribution in [0.15, 0.2) is 59.1 Å². The minimum atomic E-state index is -3.80. The Bertz CT molecular complexity index is 1980. The average molecular weight is 784 g/mol. The van der Waals surface area contributed by atoms with Crippen LogP contribution in [0.4, 0.5) is 5.69 Å². The van der Waals surface area contributed by atoms with Gasteiger partial charge in [0.1, 0.15) is 21.2 Å². The number of amides is 2. The van der Waals surface area contributed by atoms with Gasteiger partial charge in [-0.15, -0.1) is 9.46 Å². The van der Waals surface area contributed by atoms with Gasteiger partial charge in [0.15, 0.2) is 0 Å². The Balaban J connectivity index is 1.48. The van der Waals surface area contributed by atoms with Crippen molar-refractivity contribution in [1.29, 1.82) is 0 Å². The number of nitrogens with zero attached hydrogens (tertiary/aromatic N) is 4. The van der Waals surface area contributed by atoms with E-state index in [-0.39, 0.29) is 53.9 Å². The molecule has 3 heterocycles. The number of rotatable bonds is 7. The highest BCUT2D eigenvalue weighted by molar-refractivity contribution is 7.92. The van der Waals surface area contributed by atoms with Crippen molar-refractivity contribution in [3.8, 4) is 11.6 Å². The SMILES string of the molecule is COc1nn(C)cc1C(=O)N[S@@]1(=O)=NC(=O)c2ccc3c(c2)N(Cc2ccc(Cl)cc2CCCCO3)C[C@@H]2CC[C@H]2[C@@H](OC)/C=C/[C@H](OCCO)[C@H](C)C1. The predicted octanol–water partition coefficient (Wildman–Crippen LogP) is 5.38. The smallest absolute Gasteiger partial charge is 0.286 e. The lowest BCUT2D eigenvalue weighted by Crippen LogP contribution is -2.43. The summed E-state index contributed by atoms with van der Waals surface area (Å²) in [5.41, 5.74) is 3.27. The van der Waals surface area contributed by atoms with Crippen LogP contribution in [-0.2, 0) is 39.4 Å². The molecule has 292 valence electrons. The lowest BCUT2D eigenvalue weighted by atomic mass is 9.70. The number of hydrogen-bond acceptors (Lipinski definition) is 10. The molecule has 0 unspecified atom stereocenters. The van der Waals surface area contributed by atoms with Crippen LogP contribution >= 0.6 is 11.6 Å². The topological polar surface area (TPSA) is 154 Å². The number of ether oxygens (including phenoxy) is 4. The number of hydrogen-bond donors (Lipinski definition) is 2. The number of aryl methyl sites for hydroxylation is 2. The van der Waals surface area contributed by atoms with E-state index in [1.165, 1.54) is 23.6 Å². The summed E-state index contributed by atoms with van der Waals surface area (Å²) >= 11 is 6.48. The van der Waals surface area contributed by atoms with E-state index in [2.05, 4.69) is 25.1 Å². The first-order valence-electron chi connectivity index (χ1n) is 18.4. The fourth-order valence-electron chi connectivity index (χ4n) is 7.52. The quantitative estimate of drug-likeness (QED) is 0.299. The van der Waals surface area contributed by atoms with Gasteiger partial charge in [-0.3, -0.25) is 19.0 Å². The summed E-state index contributed by atoms with van der Waals surface area (Å²) in [6.07, 6.45) is 8.97. The van der Waals surface area contributed by atoms with E-state index in [0.717, 1.165) is 43.4 Å². The zero-order valence-electron chi connectivity index (χ0n) is 31.2. The summed E-state index contributed by atoms with van der Waals surface area (Å²) in [7, 11) is 0.895. The summed E-state index contributed by atoms with van der Waals surface area (Å²) < 4.78 is 46.9. The second-order valence-electron chi connectivity index (χ2n) is 14.3. The van der Waals surface area contributed by atoms with Crippen LogP contribution in [0.3, 0.4) is 0 Å². The highest BCUT2D eigenvalue weighted by Gasteiger charge is 2.38. The maximum Gasteiger partial charge on any atom is 0.286 e. The van der Waals surface area contributed by atoms with Crippen molar-refractivity contribution in [2.45, 2.75) is 57.8 Å². The summed E-state index contributed by atoms with van der Waals surface area (Å²) in [5, 5.41) is 14.5. The van der Waals surface area contributed by atoms with E-state index in [1.807, 2.05) is 24.3 Å². The van der Waals surface area contributed by atoms with Crippen molar-refractivity contribution in [1.82, 2.24) is 14.5 Å². The number of carbonyl (C=O) groups is 2. The first-order chi connectivity index (χ1) is 26.0. The molecule has 2 bridgehead atoms. The van der Waals surface area contributed by atoms with E-state index in [9.17, 15) is 18.9 Å². The molecule has 6 rings (SSSR count). The first-order valence-corrected chi connectivity index (χ1v) is 20.5. The second-order valence-corrected chi connectivity index (χ2v) is 16.7. The van der Waals surface area contributed by atoms with Crippen LogP contribution in [0.1, 0.15) is 64.4 Å². The number of anilines is 1. The van der Waals surface area contributed by atoms with Gasteiger partial charge in [-0.25, -0.2) is 4.21 Å². The molecule has 2 amide bonds. The minimum Gasteiger partial charge on any atom is -0.491 e. The Morgan fingerprint density at radius 1 is 1.11 bits per heavy atom. The predicted molar refractivity (Wildman–Crippen MR) is 207 cm³/mol. The third-order valence-electron chi connectivity index (χ3n) is 10.5. The number of aliphatic hydroxyl groups excluding tert-OH is 1. The van der Waals surface area contributed by atoms with Gasteiger partial charge in [0, 0.05) is 49.9 Å². The molecule has 2 aromatic carbocycles. The second kappa shape index (κ2) is 17.7. The van der Waals surface area contributed by atoms with Crippen molar-refractivity contribution in [3.63, 3.8) is 0 Å². The number of aliphatic hydroxyl groups is 1. The zero-order chi connectivity index (χ0) is 38.4. The molecule has 1 aliphatic carbocycles. The summed E-state index contributed by atoms with van der Waals surface area (Å²) in [6, 6.07) is 11.2. The van der Waals surface area contributed by atoms with Gasteiger partial charge >= 0.3 is 0 Å². The fourth-order valence-corrected chi connectivity index (χ4v) is 9.59. The van der Waals surface area contributed by atoms with Gasteiger partial charge in [-0.2, -0.15) is 0 Å². The van der Waals surface area contributed by atoms with Gasteiger partial charge < -0.3 is 29.0 Å². The summed E-state index contributed by atoms with van der Waals surface area (Å²) in [5.74, 6) is -1.16. The van der Waals surface area contributed by atoms with Crippen LogP contribution in [0.2, 0.25) is 5.02 Å². The fraction of sp³-hybridized carbons (Fsp3) is 0.513. The number of carbonyl (C=O) groups excluding carboxylic acids is 2. The molecule has 0 spiro atoms.